The lowest BCUT2D eigenvalue weighted by Crippen LogP contribution is -2.24. The average molecular weight is 262 g/mol. The predicted molar refractivity (Wildman–Crippen MR) is 74.1 cm³/mol. The SMILES string of the molecule is CN(C)c1cnn(CCCn2ccc(N)n2)c(=O)c1. The Morgan fingerprint density at radius 2 is 2.16 bits per heavy atom. The smallest absolute Gasteiger partial charge is 0.268 e. The van der Waals surface area contributed by atoms with Gasteiger partial charge in [-0.05, 0) is 12.5 Å². The van der Waals surface area contributed by atoms with Crippen molar-refractivity contribution in [2.75, 3.05) is 24.7 Å². The Hall–Kier alpha value is -2.31. The third kappa shape index (κ3) is 3.34. The maximum absolute atomic E-state index is 11.8. The fourth-order valence-corrected chi connectivity index (χ4v) is 1.72. The van der Waals surface area contributed by atoms with Crippen molar-refractivity contribution in [2.45, 2.75) is 19.5 Å². The van der Waals surface area contributed by atoms with E-state index in [0.29, 0.717) is 18.9 Å². The molecule has 2 heterocycles. The highest BCUT2D eigenvalue weighted by molar-refractivity contribution is 5.40. The van der Waals surface area contributed by atoms with Crippen molar-refractivity contribution in [1.29, 1.82) is 0 Å². The molecule has 0 spiro atoms. The number of aryl methyl sites for hydroxylation is 2. The van der Waals surface area contributed by atoms with Crippen LogP contribution in [0.1, 0.15) is 6.42 Å². The molecule has 2 N–H and O–H groups in total. The Morgan fingerprint density at radius 3 is 2.74 bits per heavy atom. The third-order valence-electron chi connectivity index (χ3n) is 2.79. The molecule has 0 aromatic carbocycles. The number of nitrogen functional groups attached to an aromatic ring is 1. The molecule has 0 saturated carbocycles. The van der Waals surface area contributed by atoms with Crippen LogP contribution < -0.4 is 16.2 Å². The maximum atomic E-state index is 11.8. The molecule has 7 heteroatoms. The van der Waals surface area contributed by atoms with Crippen LogP contribution in [0.5, 0.6) is 0 Å². The Balaban J connectivity index is 1.94. The number of nitrogens with zero attached hydrogens (tertiary/aromatic N) is 5. The molecule has 0 aliphatic rings. The largest absolute Gasteiger partial charge is 0.382 e. The molecule has 7 nitrogen and oxygen atoms in total. The fourth-order valence-electron chi connectivity index (χ4n) is 1.72. The minimum Gasteiger partial charge on any atom is -0.382 e. The molecule has 0 aliphatic heterocycles. The summed E-state index contributed by atoms with van der Waals surface area (Å²) in [7, 11) is 3.76. The summed E-state index contributed by atoms with van der Waals surface area (Å²) in [6.45, 7) is 1.27. The first-order valence-corrected chi connectivity index (χ1v) is 6.09. The van der Waals surface area contributed by atoms with Crippen LogP contribution in [0.4, 0.5) is 11.5 Å². The molecule has 0 bridgehead atoms. The Labute approximate surface area is 111 Å². The van der Waals surface area contributed by atoms with E-state index in [9.17, 15) is 4.79 Å². The van der Waals surface area contributed by atoms with E-state index in [0.717, 1.165) is 12.1 Å². The quantitative estimate of drug-likeness (QED) is 0.831. The molecule has 0 radical (unpaired) electrons. The second-order valence-electron chi connectivity index (χ2n) is 4.53. The second-order valence-corrected chi connectivity index (χ2v) is 4.53. The first-order valence-electron chi connectivity index (χ1n) is 6.09. The van der Waals surface area contributed by atoms with Gasteiger partial charge in [0, 0.05) is 39.4 Å². The van der Waals surface area contributed by atoms with Gasteiger partial charge in [-0.1, -0.05) is 0 Å². The summed E-state index contributed by atoms with van der Waals surface area (Å²) in [5.74, 6) is 0.505. The van der Waals surface area contributed by atoms with E-state index in [2.05, 4.69) is 10.2 Å². The molecular formula is C12H18N6O. The van der Waals surface area contributed by atoms with Gasteiger partial charge in [0.25, 0.3) is 5.56 Å². The van der Waals surface area contributed by atoms with Crippen LogP contribution in [0.15, 0.2) is 29.3 Å². The number of rotatable bonds is 5. The predicted octanol–water partition coefficient (Wildman–Crippen LogP) is 0.178. The zero-order valence-electron chi connectivity index (χ0n) is 11.2. The van der Waals surface area contributed by atoms with E-state index >= 15 is 0 Å². The summed E-state index contributed by atoms with van der Waals surface area (Å²) in [5.41, 5.74) is 6.24. The van der Waals surface area contributed by atoms with Gasteiger partial charge >= 0.3 is 0 Å². The molecule has 0 atom stereocenters. The highest BCUT2D eigenvalue weighted by atomic mass is 16.1. The Bertz CT molecular complexity index is 600. The van der Waals surface area contributed by atoms with Crippen molar-refractivity contribution in [1.82, 2.24) is 19.6 Å². The molecule has 0 unspecified atom stereocenters. The summed E-state index contributed by atoms with van der Waals surface area (Å²) in [6, 6.07) is 3.33. The molecule has 0 fully saturated rings. The van der Waals surface area contributed by atoms with Crippen LogP contribution in [0.3, 0.4) is 0 Å². The van der Waals surface area contributed by atoms with Gasteiger partial charge in [-0.15, -0.1) is 0 Å². The molecule has 0 amide bonds. The molecule has 2 rings (SSSR count). The number of nitrogens with two attached hydrogens (primary N) is 1. The normalized spacial score (nSPS) is 10.6. The van der Waals surface area contributed by atoms with E-state index in [1.54, 1.807) is 23.0 Å². The molecule has 0 saturated heterocycles. The zero-order chi connectivity index (χ0) is 13.8. The molecule has 0 aliphatic carbocycles. The topological polar surface area (TPSA) is 82.0 Å². The Kier molecular flexibility index (Phi) is 3.84. The Morgan fingerprint density at radius 1 is 1.37 bits per heavy atom. The number of anilines is 2. The third-order valence-corrected chi connectivity index (χ3v) is 2.79. The summed E-state index contributed by atoms with van der Waals surface area (Å²) < 4.78 is 3.22. The lowest BCUT2D eigenvalue weighted by atomic mass is 10.4. The highest BCUT2D eigenvalue weighted by Crippen LogP contribution is 2.04. The monoisotopic (exact) mass is 262 g/mol. The standard InChI is InChI=1S/C12H18N6O/c1-16(2)10-8-12(19)18(14-9-10)6-3-5-17-7-4-11(13)15-17/h4,7-9H,3,5-6H2,1-2H3,(H2,13,15). The fraction of sp³-hybridized carbons (Fsp3) is 0.417. The molecular weight excluding hydrogens is 244 g/mol. The minimum absolute atomic E-state index is 0.0915. The van der Waals surface area contributed by atoms with Gasteiger partial charge < -0.3 is 10.6 Å². The molecule has 19 heavy (non-hydrogen) atoms. The van der Waals surface area contributed by atoms with Crippen LogP contribution in [0.25, 0.3) is 0 Å². The maximum Gasteiger partial charge on any atom is 0.268 e. The van der Waals surface area contributed by atoms with E-state index < -0.39 is 0 Å². The van der Waals surface area contributed by atoms with Gasteiger partial charge in [-0.2, -0.15) is 10.2 Å². The van der Waals surface area contributed by atoms with Crippen molar-refractivity contribution in [3.63, 3.8) is 0 Å². The molecule has 102 valence electrons. The van der Waals surface area contributed by atoms with Gasteiger partial charge in [0.05, 0.1) is 11.9 Å². The van der Waals surface area contributed by atoms with E-state index in [1.165, 1.54) is 4.68 Å². The summed E-state index contributed by atoms with van der Waals surface area (Å²) in [4.78, 5) is 13.7. The first-order chi connectivity index (χ1) is 9.06. The van der Waals surface area contributed by atoms with Gasteiger partial charge in [0.1, 0.15) is 5.82 Å². The number of hydrogen-bond donors (Lipinski definition) is 1. The van der Waals surface area contributed by atoms with Crippen molar-refractivity contribution in [3.8, 4) is 0 Å². The van der Waals surface area contributed by atoms with Crippen LogP contribution in [0, 0.1) is 0 Å². The van der Waals surface area contributed by atoms with Crippen LogP contribution in [-0.4, -0.2) is 33.7 Å². The van der Waals surface area contributed by atoms with E-state index in [1.807, 2.05) is 25.2 Å². The van der Waals surface area contributed by atoms with Crippen LogP contribution >= 0.6 is 0 Å². The van der Waals surface area contributed by atoms with Crippen LogP contribution in [-0.2, 0) is 13.1 Å². The van der Waals surface area contributed by atoms with E-state index in [-0.39, 0.29) is 5.56 Å². The summed E-state index contributed by atoms with van der Waals surface area (Å²) in [6.07, 6.45) is 4.28. The van der Waals surface area contributed by atoms with Crippen molar-refractivity contribution < 1.29 is 0 Å². The lowest BCUT2D eigenvalue weighted by Gasteiger charge is -2.12. The highest BCUT2D eigenvalue weighted by Gasteiger charge is 2.02. The summed E-state index contributed by atoms with van der Waals surface area (Å²) >= 11 is 0. The second kappa shape index (κ2) is 5.55. The number of aromatic nitrogens is 4. The van der Waals surface area contributed by atoms with Gasteiger partial charge in [0.15, 0.2) is 0 Å². The molecule has 2 aromatic heterocycles. The minimum atomic E-state index is -0.0915. The summed E-state index contributed by atoms with van der Waals surface area (Å²) in [5, 5.41) is 8.23. The van der Waals surface area contributed by atoms with Crippen molar-refractivity contribution in [3.05, 3.63) is 34.9 Å². The van der Waals surface area contributed by atoms with Gasteiger partial charge in [-0.25, -0.2) is 4.68 Å². The molecule has 2 aromatic rings. The zero-order valence-corrected chi connectivity index (χ0v) is 11.2. The van der Waals surface area contributed by atoms with E-state index in [4.69, 9.17) is 5.73 Å². The average Bonchev–Trinajstić information content (AvgIpc) is 2.77. The van der Waals surface area contributed by atoms with Crippen LogP contribution in [0.2, 0.25) is 0 Å². The lowest BCUT2D eigenvalue weighted by molar-refractivity contribution is 0.486. The first kappa shape index (κ1) is 13.1. The van der Waals surface area contributed by atoms with Crippen molar-refractivity contribution in [2.24, 2.45) is 0 Å². The van der Waals surface area contributed by atoms with Gasteiger partial charge in [-0.3, -0.25) is 9.48 Å². The van der Waals surface area contributed by atoms with Gasteiger partial charge in [0.2, 0.25) is 0 Å². The number of hydrogen-bond acceptors (Lipinski definition) is 5. The van der Waals surface area contributed by atoms with Crippen molar-refractivity contribution >= 4 is 11.5 Å².